The van der Waals surface area contributed by atoms with E-state index in [4.69, 9.17) is 4.74 Å². The number of aryl methyl sites for hydroxylation is 1. The molecule has 1 heteroatoms. The van der Waals surface area contributed by atoms with Gasteiger partial charge >= 0.3 is 0 Å². The van der Waals surface area contributed by atoms with Gasteiger partial charge < -0.3 is 4.74 Å². The van der Waals surface area contributed by atoms with Crippen molar-refractivity contribution in [2.24, 2.45) is 5.92 Å². The first-order chi connectivity index (χ1) is 7.41. The van der Waals surface area contributed by atoms with Gasteiger partial charge in [-0.2, -0.15) is 0 Å². The van der Waals surface area contributed by atoms with E-state index in [0.717, 1.165) is 12.4 Å². The fraction of sp³-hybridized carbons (Fsp3) is 0.600. The number of rotatable bonds is 4. The van der Waals surface area contributed by atoms with E-state index in [1.165, 1.54) is 11.1 Å². The van der Waals surface area contributed by atoms with Crippen LogP contribution >= 0.6 is 0 Å². The van der Waals surface area contributed by atoms with Crippen molar-refractivity contribution in [3.8, 4) is 5.75 Å². The molecule has 0 spiro atoms. The molecule has 0 unspecified atom stereocenters. The molecule has 0 heterocycles. The Morgan fingerprint density at radius 1 is 1.25 bits per heavy atom. The quantitative estimate of drug-likeness (QED) is 0.734. The second-order valence-electron chi connectivity index (χ2n) is 5.26. The molecule has 1 nitrogen and oxygen atoms in total. The van der Waals surface area contributed by atoms with Crippen LogP contribution in [0.25, 0.3) is 0 Å². The summed E-state index contributed by atoms with van der Waals surface area (Å²) < 4.78 is 5.80. The molecule has 90 valence electrons. The van der Waals surface area contributed by atoms with Crippen molar-refractivity contribution >= 4 is 0 Å². The van der Waals surface area contributed by atoms with Crippen LogP contribution in [0.2, 0.25) is 0 Å². The summed E-state index contributed by atoms with van der Waals surface area (Å²) >= 11 is 0. The van der Waals surface area contributed by atoms with E-state index in [9.17, 15) is 0 Å². The highest BCUT2D eigenvalue weighted by atomic mass is 16.5. The van der Waals surface area contributed by atoms with Crippen molar-refractivity contribution in [2.45, 2.75) is 47.0 Å². The highest BCUT2D eigenvalue weighted by Crippen LogP contribution is 2.38. The minimum atomic E-state index is 0.149. The first-order valence-corrected chi connectivity index (χ1v) is 6.14. The summed E-state index contributed by atoms with van der Waals surface area (Å²) in [5.41, 5.74) is 2.70. The number of benzene rings is 1. The predicted molar refractivity (Wildman–Crippen MR) is 70.2 cm³/mol. The van der Waals surface area contributed by atoms with Crippen LogP contribution in [0.15, 0.2) is 18.2 Å². The molecule has 16 heavy (non-hydrogen) atoms. The Bertz CT molecular complexity index is 350. The standard InChI is InChI=1S/C15H24O/c1-7-16-14-12(4)9-8-10-13(14)15(5,6)11(2)3/h8-11H,7H2,1-6H3. The molecule has 0 N–H and O–H groups in total. The SMILES string of the molecule is CCOc1c(C)cccc1C(C)(C)C(C)C. The number of hydrogen-bond acceptors (Lipinski definition) is 1. The van der Waals surface area contributed by atoms with Crippen LogP contribution in [0.1, 0.15) is 45.7 Å². The van der Waals surface area contributed by atoms with Crippen molar-refractivity contribution < 1.29 is 4.74 Å². The van der Waals surface area contributed by atoms with Gasteiger partial charge in [-0.1, -0.05) is 45.9 Å². The molecule has 0 radical (unpaired) electrons. The minimum Gasteiger partial charge on any atom is -0.493 e. The van der Waals surface area contributed by atoms with Gasteiger partial charge in [-0.15, -0.1) is 0 Å². The Morgan fingerprint density at radius 2 is 1.88 bits per heavy atom. The lowest BCUT2D eigenvalue weighted by atomic mass is 9.74. The predicted octanol–water partition coefficient (Wildman–Crippen LogP) is 4.33. The minimum absolute atomic E-state index is 0.149. The first kappa shape index (κ1) is 13.1. The van der Waals surface area contributed by atoms with Crippen molar-refractivity contribution in [3.05, 3.63) is 29.3 Å². The van der Waals surface area contributed by atoms with Gasteiger partial charge in [0.15, 0.2) is 0 Å². The topological polar surface area (TPSA) is 9.23 Å². The second-order valence-corrected chi connectivity index (χ2v) is 5.26. The molecule has 0 aliphatic heterocycles. The summed E-state index contributed by atoms with van der Waals surface area (Å²) in [6.07, 6.45) is 0. The third-order valence-corrected chi connectivity index (χ3v) is 3.64. The molecule has 1 aromatic rings. The summed E-state index contributed by atoms with van der Waals surface area (Å²) in [7, 11) is 0. The van der Waals surface area contributed by atoms with Gasteiger partial charge in [0.25, 0.3) is 0 Å². The zero-order chi connectivity index (χ0) is 12.3. The first-order valence-electron chi connectivity index (χ1n) is 6.14. The highest BCUT2D eigenvalue weighted by molar-refractivity contribution is 5.45. The van der Waals surface area contributed by atoms with E-state index in [2.05, 4.69) is 52.8 Å². The summed E-state index contributed by atoms with van der Waals surface area (Å²) in [4.78, 5) is 0. The molecule has 0 aromatic heterocycles. The highest BCUT2D eigenvalue weighted by Gasteiger charge is 2.28. The maximum atomic E-state index is 5.80. The summed E-state index contributed by atoms with van der Waals surface area (Å²) in [6, 6.07) is 6.43. The fourth-order valence-corrected chi connectivity index (χ4v) is 1.81. The second kappa shape index (κ2) is 4.90. The van der Waals surface area contributed by atoms with Gasteiger partial charge in [0, 0.05) is 5.56 Å². The van der Waals surface area contributed by atoms with Crippen molar-refractivity contribution in [1.29, 1.82) is 0 Å². The van der Waals surface area contributed by atoms with E-state index in [-0.39, 0.29) is 5.41 Å². The van der Waals surface area contributed by atoms with Crippen LogP contribution in [0, 0.1) is 12.8 Å². The normalized spacial score (nSPS) is 11.9. The number of hydrogen-bond donors (Lipinski definition) is 0. The Labute approximate surface area is 99.8 Å². The molecule has 1 aromatic carbocycles. The molecular formula is C15H24O. The molecule has 0 fully saturated rings. The van der Waals surface area contributed by atoms with Crippen LogP contribution < -0.4 is 4.74 Å². The van der Waals surface area contributed by atoms with Crippen LogP contribution in [0.4, 0.5) is 0 Å². The van der Waals surface area contributed by atoms with E-state index >= 15 is 0 Å². The summed E-state index contributed by atoms with van der Waals surface area (Å²) in [5.74, 6) is 1.66. The van der Waals surface area contributed by atoms with E-state index in [0.29, 0.717) is 5.92 Å². The molecule has 0 saturated carbocycles. The Balaban J connectivity index is 3.27. The molecule has 1 rings (SSSR count). The average Bonchev–Trinajstić information content (AvgIpc) is 2.20. The maximum Gasteiger partial charge on any atom is 0.125 e. The Hall–Kier alpha value is -0.980. The number of ether oxygens (including phenoxy) is 1. The van der Waals surface area contributed by atoms with Gasteiger partial charge in [-0.3, -0.25) is 0 Å². The molecule has 0 saturated heterocycles. The van der Waals surface area contributed by atoms with Crippen molar-refractivity contribution in [3.63, 3.8) is 0 Å². The van der Waals surface area contributed by atoms with E-state index in [1.54, 1.807) is 0 Å². The van der Waals surface area contributed by atoms with Crippen LogP contribution in [-0.2, 0) is 5.41 Å². The molecular weight excluding hydrogens is 196 g/mol. The molecule has 0 aliphatic rings. The third-order valence-electron chi connectivity index (χ3n) is 3.64. The van der Waals surface area contributed by atoms with Crippen molar-refractivity contribution in [2.75, 3.05) is 6.61 Å². The molecule has 0 amide bonds. The lowest BCUT2D eigenvalue weighted by molar-refractivity contribution is 0.307. The fourth-order valence-electron chi connectivity index (χ4n) is 1.81. The van der Waals surface area contributed by atoms with Gasteiger partial charge in [0.2, 0.25) is 0 Å². The maximum absolute atomic E-state index is 5.80. The summed E-state index contributed by atoms with van der Waals surface area (Å²) in [5, 5.41) is 0. The lowest BCUT2D eigenvalue weighted by Gasteiger charge is -2.32. The third kappa shape index (κ3) is 2.40. The molecule has 0 aliphatic carbocycles. The Kier molecular flexibility index (Phi) is 4.01. The van der Waals surface area contributed by atoms with Crippen LogP contribution in [0.3, 0.4) is 0 Å². The zero-order valence-corrected chi connectivity index (χ0v) is 11.4. The van der Waals surface area contributed by atoms with Gasteiger partial charge in [-0.25, -0.2) is 0 Å². The smallest absolute Gasteiger partial charge is 0.125 e. The van der Waals surface area contributed by atoms with Gasteiger partial charge in [-0.05, 0) is 30.7 Å². The molecule has 0 bridgehead atoms. The van der Waals surface area contributed by atoms with E-state index in [1.807, 2.05) is 6.92 Å². The molecule has 0 atom stereocenters. The average molecular weight is 220 g/mol. The van der Waals surface area contributed by atoms with Crippen LogP contribution in [-0.4, -0.2) is 6.61 Å². The van der Waals surface area contributed by atoms with Crippen LogP contribution in [0.5, 0.6) is 5.75 Å². The monoisotopic (exact) mass is 220 g/mol. The number of para-hydroxylation sites is 1. The lowest BCUT2D eigenvalue weighted by Crippen LogP contribution is -2.25. The largest absolute Gasteiger partial charge is 0.493 e. The van der Waals surface area contributed by atoms with Crippen molar-refractivity contribution in [1.82, 2.24) is 0 Å². The van der Waals surface area contributed by atoms with E-state index < -0.39 is 0 Å². The zero-order valence-electron chi connectivity index (χ0n) is 11.4. The van der Waals surface area contributed by atoms with Gasteiger partial charge in [0.1, 0.15) is 5.75 Å². The van der Waals surface area contributed by atoms with Gasteiger partial charge in [0.05, 0.1) is 6.61 Å². The Morgan fingerprint density at radius 3 is 2.38 bits per heavy atom. The summed E-state index contributed by atoms with van der Waals surface area (Å²) in [6.45, 7) is 14.0.